The van der Waals surface area contributed by atoms with Crippen molar-refractivity contribution in [3.05, 3.63) is 23.3 Å². The first-order valence-electron chi connectivity index (χ1n) is 11.0. The van der Waals surface area contributed by atoms with Gasteiger partial charge in [-0.25, -0.2) is 0 Å². The van der Waals surface area contributed by atoms with E-state index in [-0.39, 0.29) is 36.7 Å². The smallest absolute Gasteiger partial charge is 0.303 e. The zero-order chi connectivity index (χ0) is 22.7. The Kier molecular flexibility index (Phi) is 11.3. The zero-order valence-electron chi connectivity index (χ0n) is 19.5. The van der Waals surface area contributed by atoms with E-state index in [2.05, 4.69) is 13.0 Å². The minimum atomic E-state index is -0.590. The fourth-order valence-corrected chi connectivity index (χ4v) is 3.87. The predicted molar refractivity (Wildman–Crippen MR) is 117 cm³/mol. The molecule has 0 aromatic heterocycles. The second kappa shape index (κ2) is 12.9. The van der Waals surface area contributed by atoms with Crippen molar-refractivity contribution in [1.29, 1.82) is 0 Å². The van der Waals surface area contributed by atoms with Gasteiger partial charge in [-0.15, -0.1) is 0 Å². The number of allylic oxidation sites excluding steroid dienone is 1. The van der Waals surface area contributed by atoms with E-state index in [4.69, 9.17) is 14.2 Å². The van der Waals surface area contributed by atoms with Crippen LogP contribution in [0.4, 0.5) is 0 Å². The molecule has 0 aromatic carbocycles. The largest absolute Gasteiger partial charge is 0.462 e. The number of aliphatic hydroxyl groups excluding tert-OH is 1. The monoisotopic (exact) mass is 424 g/mol. The van der Waals surface area contributed by atoms with Gasteiger partial charge in [0.2, 0.25) is 0 Å². The number of carbonyl (C=O) groups is 2. The Balaban J connectivity index is 2.78. The molecular formula is C24H40O6. The van der Waals surface area contributed by atoms with E-state index in [0.29, 0.717) is 19.4 Å². The maximum Gasteiger partial charge on any atom is 0.303 e. The SMILES string of the molecule is CC(=O)OC(CC=C(C)C)C(C)CCC[C@]1(C)OC/C(=C/CO)CC[C@H]1OC(C)=O. The van der Waals surface area contributed by atoms with Crippen LogP contribution in [0.25, 0.3) is 0 Å². The van der Waals surface area contributed by atoms with Crippen LogP contribution >= 0.6 is 0 Å². The lowest BCUT2D eigenvalue weighted by atomic mass is 9.86. The first-order valence-corrected chi connectivity index (χ1v) is 11.0. The van der Waals surface area contributed by atoms with Gasteiger partial charge in [-0.3, -0.25) is 9.59 Å². The minimum Gasteiger partial charge on any atom is -0.462 e. The van der Waals surface area contributed by atoms with Crippen LogP contribution in [0.3, 0.4) is 0 Å². The quantitative estimate of drug-likeness (QED) is 0.411. The van der Waals surface area contributed by atoms with Crippen molar-refractivity contribution in [3.8, 4) is 0 Å². The molecule has 2 unspecified atom stereocenters. The first-order chi connectivity index (χ1) is 14.1. The van der Waals surface area contributed by atoms with Gasteiger partial charge in [-0.05, 0) is 57.9 Å². The van der Waals surface area contributed by atoms with Crippen molar-refractivity contribution < 1.29 is 28.9 Å². The number of carbonyl (C=O) groups excluding carboxylic acids is 2. The van der Waals surface area contributed by atoms with Crippen LogP contribution in [0.2, 0.25) is 0 Å². The third-order valence-corrected chi connectivity index (χ3v) is 5.73. The normalized spacial score (nSPS) is 25.2. The summed E-state index contributed by atoms with van der Waals surface area (Å²) in [5, 5.41) is 9.19. The van der Waals surface area contributed by atoms with E-state index in [1.54, 1.807) is 6.08 Å². The van der Waals surface area contributed by atoms with Crippen LogP contribution < -0.4 is 0 Å². The minimum absolute atomic E-state index is 0.0195. The summed E-state index contributed by atoms with van der Waals surface area (Å²) < 4.78 is 17.4. The second-order valence-corrected chi connectivity index (χ2v) is 8.82. The lowest BCUT2D eigenvalue weighted by molar-refractivity contribution is -0.168. The zero-order valence-corrected chi connectivity index (χ0v) is 19.5. The van der Waals surface area contributed by atoms with Crippen molar-refractivity contribution in [1.82, 2.24) is 0 Å². The van der Waals surface area contributed by atoms with E-state index >= 15 is 0 Å². The molecule has 0 amide bonds. The Morgan fingerprint density at radius 1 is 1.27 bits per heavy atom. The number of hydrogen-bond acceptors (Lipinski definition) is 6. The molecule has 4 atom stereocenters. The Bertz CT molecular complexity index is 619. The topological polar surface area (TPSA) is 82.1 Å². The maximum atomic E-state index is 11.6. The lowest BCUT2D eigenvalue weighted by Crippen LogP contribution is -2.43. The number of hydrogen-bond donors (Lipinski definition) is 1. The Morgan fingerprint density at radius 2 is 1.97 bits per heavy atom. The van der Waals surface area contributed by atoms with Gasteiger partial charge >= 0.3 is 11.9 Å². The van der Waals surface area contributed by atoms with Gasteiger partial charge in [0.25, 0.3) is 0 Å². The van der Waals surface area contributed by atoms with Gasteiger partial charge in [-0.2, -0.15) is 0 Å². The van der Waals surface area contributed by atoms with E-state index in [1.165, 1.54) is 19.4 Å². The summed E-state index contributed by atoms with van der Waals surface area (Å²) in [4.78, 5) is 23.1. The van der Waals surface area contributed by atoms with Crippen molar-refractivity contribution in [2.24, 2.45) is 5.92 Å². The third kappa shape index (κ3) is 9.43. The summed E-state index contributed by atoms with van der Waals surface area (Å²) in [7, 11) is 0. The predicted octanol–water partition coefficient (Wildman–Crippen LogP) is 4.50. The third-order valence-electron chi connectivity index (χ3n) is 5.73. The fraction of sp³-hybridized carbons (Fsp3) is 0.750. The van der Waals surface area contributed by atoms with E-state index in [9.17, 15) is 14.7 Å². The van der Waals surface area contributed by atoms with Gasteiger partial charge in [0.15, 0.2) is 0 Å². The standard InChI is InChI=1S/C24H40O6/c1-17(2)9-11-22(29-19(4)26)18(3)8-7-14-24(6)23(30-20(5)27)12-10-21(13-15-25)16-28-24/h9,13,18,22-23,25H,7-8,10-12,14-16H2,1-6H3/b21-13+/t18?,22?,23-,24+/m1/s1. The van der Waals surface area contributed by atoms with Gasteiger partial charge in [0.1, 0.15) is 17.8 Å². The number of rotatable bonds is 10. The van der Waals surface area contributed by atoms with E-state index in [0.717, 1.165) is 31.3 Å². The number of ether oxygens (including phenoxy) is 3. The molecule has 1 saturated heterocycles. The van der Waals surface area contributed by atoms with Crippen LogP contribution in [-0.2, 0) is 23.8 Å². The molecule has 172 valence electrons. The molecule has 1 aliphatic heterocycles. The summed E-state index contributed by atoms with van der Waals surface area (Å²) in [5.41, 5.74) is 1.64. The van der Waals surface area contributed by atoms with Gasteiger partial charge < -0.3 is 19.3 Å². The van der Waals surface area contributed by atoms with Crippen molar-refractivity contribution in [3.63, 3.8) is 0 Å². The summed E-state index contributed by atoms with van der Waals surface area (Å²) in [6.07, 6.45) is 7.99. The maximum absolute atomic E-state index is 11.6. The van der Waals surface area contributed by atoms with Gasteiger partial charge in [0, 0.05) is 20.3 Å². The van der Waals surface area contributed by atoms with Crippen LogP contribution in [0.15, 0.2) is 23.3 Å². The highest BCUT2D eigenvalue weighted by atomic mass is 16.6. The lowest BCUT2D eigenvalue weighted by Gasteiger charge is -2.35. The summed E-state index contributed by atoms with van der Waals surface area (Å²) in [5.74, 6) is -0.364. The highest BCUT2D eigenvalue weighted by molar-refractivity contribution is 5.66. The first kappa shape index (κ1) is 26.4. The second-order valence-electron chi connectivity index (χ2n) is 8.82. The molecular weight excluding hydrogens is 384 g/mol. The fourth-order valence-electron chi connectivity index (χ4n) is 3.87. The molecule has 0 bridgehead atoms. The molecule has 0 aromatic rings. The highest BCUT2D eigenvalue weighted by Gasteiger charge is 2.39. The van der Waals surface area contributed by atoms with Crippen molar-refractivity contribution in [2.75, 3.05) is 13.2 Å². The summed E-state index contributed by atoms with van der Waals surface area (Å²) in [6.45, 7) is 11.5. The molecule has 1 N–H and O–H groups in total. The summed E-state index contributed by atoms with van der Waals surface area (Å²) >= 11 is 0. The number of aliphatic hydroxyl groups is 1. The van der Waals surface area contributed by atoms with E-state index < -0.39 is 5.60 Å². The summed E-state index contributed by atoms with van der Waals surface area (Å²) in [6, 6.07) is 0. The van der Waals surface area contributed by atoms with Crippen molar-refractivity contribution in [2.45, 2.75) is 97.9 Å². The molecule has 0 saturated carbocycles. The molecule has 6 nitrogen and oxygen atoms in total. The number of esters is 2. The highest BCUT2D eigenvalue weighted by Crippen LogP contribution is 2.34. The van der Waals surface area contributed by atoms with Crippen LogP contribution in [-0.4, -0.2) is 48.1 Å². The Hall–Kier alpha value is -1.66. The molecule has 6 heteroatoms. The average molecular weight is 425 g/mol. The van der Waals surface area contributed by atoms with Gasteiger partial charge in [0.05, 0.1) is 13.2 Å². The molecule has 1 rings (SSSR count). The molecule has 1 heterocycles. The van der Waals surface area contributed by atoms with Crippen LogP contribution in [0.5, 0.6) is 0 Å². The molecule has 0 aliphatic carbocycles. The van der Waals surface area contributed by atoms with Crippen molar-refractivity contribution >= 4 is 11.9 Å². The average Bonchev–Trinajstić information content (AvgIpc) is 2.78. The van der Waals surface area contributed by atoms with Gasteiger partial charge in [-0.1, -0.05) is 31.1 Å². The Labute approximate surface area is 181 Å². The van der Waals surface area contributed by atoms with E-state index in [1.807, 2.05) is 20.8 Å². The molecule has 1 aliphatic rings. The molecule has 30 heavy (non-hydrogen) atoms. The van der Waals surface area contributed by atoms with Crippen LogP contribution in [0, 0.1) is 5.92 Å². The molecule has 0 radical (unpaired) electrons. The molecule has 0 spiro atoms. The molecule has 1 fully saturated rings. The van der Waals surface area contributed by atoms with Crippen LogP contribution in [0.1, 0.15) is 80.1 Å². The Morgan fingerprint density at radius 3 is 2.53 bits per heavy atom.